The first kappa shape index (κ1) is 18.9. The summed E-state index contributed by atoms with van der Waals surface area (Å²) in [5, 5.41) is 3.04. The normalized spacial score (nSPS) is 10.4. The number of rotatable bonds is 6. The maximum atomic E-state index is 12.0. The minimum absolute atomic E-state index is 0.136. The molecule has 1 aromatic heterocycles. The summed E-state index contributed by atoms with van der Waals surface area (Å²) in [6.45, 7) is -0.451. The first-order chi connectivity index (χ1) is 13.0. The molecular formula is C19H14Cl2N2O4. The molecule has 0 aliphatic rings. The van der Waals surface area contributed by atoms with Crippen molar-refractivity contribution in [3.8, 4) is 11.3 Å². The number of amides is 1. The SMILES string of the molecule is O=C(CNC(=O)c1ccc(Cl)cc1Cl)OCc1ncc(-c2ccccc2)o1. The maximum absolute atomic E-state index is 12.0. The van der Waals surface area contributed by atoms with Crippen LogP contribution < -0.4 is 5.32 Å². The molecule has 0 fully saturated rings. The molecule has 138 valence electrons. The average molecular weight is 405 g/mol. The molecule has 0 aliphatic carbocycles. The first-order valence-corrected chi connectivity index (χ1v) is 8.67. The molecule has 3 rings (SSSR count). The Labute approximate surface area is 165 Å². The molecule has 0 saturated carbocycles. The molecule has 0 spiro atoms. The number of ether oxygens (including phenoxy) is 1. The van der Waals surface area contributed by atoms with E-state index in [0.717, 1.165) is 5.56 Å². The van der Waals surface area contributed by atoms with Crippen LogP contribution in [0.15, 0.2) is 59.1 Å². The van der Waals surface area contributed by atoms with Crippen molar-refractivity contribution in [2.75, 3.05) is 6.54 Å². The Morgan fingerprint density at radius 3 is 2.63 bits per heavy atom. The molecule has 0 bridgehead atoms. The molecule has 0 unspecified atom stereocenters. The maximum Gasteiger partial charge on any atom is 0.325 e. The van der Waals surface area contributed by atoms with Gasteiger partial charge in [-0.3, -0.25) is 9.59 Å². The number of hydrogen-bond acceptors (Lipinski definition) is 5. The van der Waals surface area contributed by atoms with Crippen molar-refractivity contribution in [1.82, 2.24) is 10.3 Å². The van der Waals surface area contributed by atoms with E-state index in [0.29, 0.717) is 10.8 Å². The summed E-state index contributed by atoms with van der Waals surface area (Å²) in [6, 6.07) is 13.9. The van der Waals surface area contributed by atoms with E-state index in [1.54, 1.807) is 6.20 Å². The Morgan fingerprint density at radius 1 is 1.11 bits per heavy atom. The zero-order valence-corrected chi connectivity index (χ0v) is 15.5. The van der Waals surface area contributed by atoms with Crippen molar-refractivity contribution >= 4 is 35.1 Å². The number of aromatic nitrogens is 1. The summed E-state index contributed by atoms with van der Waals surface area (Å²) in [7, 11) is 0. The fraction of sp³-hybridized carbons (Fsp3) is 0.105. The number of carbonyl (C=O) groups is 2. The summed E-state index contributed by atoms with van der Waals surface area (Å²) in [4.78, 5) is 27.9. The van der Waals surface area contributed by atoms with Crippen LogP contribution in [0, 0.1) is 0 Å². The number of carbonyl (C=O) groups excluding carboxylic acids is 2. The Hall–Kier alpha value is -2.83. The van der Waals surface area contributed by atoms with Crippen LogP contribution in [0.5, 0.6) is 0 Å². The van der Waals surface area contributed by atoms with Crippen molar-refractivity contribution in [3.05, 3.63) is 76.2 Å². The van der Waals surface area contributed by atoms with E-state index in [-0.39, 0.29) is 29.6 Å². The number of benzene rings is 2. The van der Waals surface area contributed by atoms with E-state index in [1.807, 2.05) is 30.3 Å². The number of halogens is 2. The molecule has 0 atom stereocenters. The second-order valence-electron chi connectivity index (χ2n) is 5.45. The van der Waals surface area contributed by atoms with Crippen molar-refractivity contribution in [3.63, 3.8) is 0 Å². The highest BCUT2D eigenvalue weighted by molar-refractivity contribution is 6.36. The molecule has 27 heavy (non-hydrogen) atoms. The Morgan fingerprint density at radius 2 is 1.89 bits per heavy atom. The minimum Gasteiger partial charge on any atom is -0.454 e. The lowest BCUT2D eigenvalue weighted by molar-refractivity contribution is -0.144. The van der Waals surface area contributed by atoms with Gasteiger partial charge in [-0.25, -0.2) is 4.98 Å². The predicted octanol–water partition coefficient (Wildman–Crippen LogP) is 4.12. The van der Waals surface area contributed by atoms with Crippen LogP contribution in [-0.2, 0) is 16.1 Å². The highest BCUT2D eigenvalue weighted by atomic mass is 35.5. The third-order valence-electron chi connectivity index (χ3n) is 3.54. The molecule has 0 saturated heterocycles. The van der Waals surface area contributed by atoms with Crippen molar-refractivity contribution in [2.24, 2.45) is 0 Å². The molecular weight excluding hydrogens is 391 g/mol. The van der Waals surface area contributed by atoms with Crippen LogP contribution >= 0.6 is 23.2 Å². The number of hydrogen-bond donors (Lipinski definition) is 1. The lowest BCUT2D eigenvalue weighted by Crippen LogP contribution is -2.30. The number of nitrogens with one attached hydrogen (secondary N) is 1. The van der Waals surface area contributed by atoms with Gasteiger partial charge in [-0.2, -0.15) is 0 Å². The molecule has 0 radical (unpaired) electrons. The molecule has 1 amide bonds. The lowest BCUT2D eigenvalue weighted by Gasteiger charge is -2.07. The smallest absolute Gasteiger partial charge is 0.325 e. The van der Waals surface area contributed by atoms with Crippen LogP contribution in [0.2, 0.25) is 10.0 Å². The number of esters is 1. The van der Waals surface area contributed by atoms with E-state index in [9.17, 15) is 9.59 Å². The zero-order valence-electron chi connectivity index (χ0n) is 13.9. The second-order valence-corrected chi connectivity index (χ2v) is 6.30. The highest BCUT2D eigenvalue weighted by Crippen LogP contribution is 2.21. The summed E-state index contributed by atoms with van der Waals surface area (Å²) < 4.78 is 10.6. The van der Waals surface area contributed by atoms with Gasteiger partial charge in [-0.15, -0.1) is 0 Å². The first-order valence-electron chi connectivity index (χ1n) is 7.92. The number of nitrogens with zero attached hydrogens (tertiary/aromatic N) is 1. The summed E-state index contributed by atoms with van der Waals surface area (Å²) in [6.07, 6.45) is 1.56. The third kappa shape index (κ3) is 5.09. The Bertz CT molecular complexity index is 957. The van der Waals surface area contributed by atoms with Crippen molar-refractivity contribution in [1.29, 1.82) is 0 Å². The van der Waals surface area contributed by atoms with Gasteiger partial charge in [0.2, 0.25) is 5.89 Å². The molecule has 1 heterocycles. The van der Waals surface area contributed by atoms with Gasteiger partial charge in [-0.1, -0.05) is 53.5 Å². The zero-order chi connectivity index (χ0) is 19.2. The number of oxazole rings is 1. The Balaban J connectivity index is 1.49. The van der Waals surface area contributed by atoms with Gasteiger partial charge in [0.1, 0.15) is 6.54 Å². The Kier molecular flexibility index (Phi) is 6.11. The van der Waals surface area contributed by atoms with Crippen LogP contribution in [0.3, 0.4) is 0 Å². The average Bonchev–Trinajstić information content (AvgIpc) is 3.14. The molecule has 6 nitrogen and oxygen atoms in total. The highest BCUT2D eigenvalue weighted by Gasteiger charge is 2.14. The largest absolute Gasteiger partial charge is 0.454 e. The predicted molar refractivity (Wildman–Crippen MR) is 101 cm³/mol. The van der Waals surface area contributed by atoms with E-state index in [1.165, 1.54) is 18.2 Å². The lowest BCUT2D eigenvalue weighted by atomic mass is 10.2. The van der Waals surface area contributed by atoms with E-state index in [2.05, 4.69) is 10.3 Å². The van der Waals surface area contributed by atoms with Gasteiger partial charge in [-0.05, 0) is 18.2 Å². The van der Waals surface area contributed by atoms with E-state index in [4.69, 9.17) is 32.4 Å². The van der Waals surface area contributed by atoms with Crippen LogP contribution in [0.1, 0.15) is 16.2 Å². The fourth-order valence-electron chi connectivity index (χ4n) is 2.23. The molecule has 0 aliphatic heterocycles. The quantitative estimate of drug-likeness (QED) is 0.624. The molecule has 1 N–H and O–H groups in total. The van der Waals surface area contributed by atoms with Gasteiger partial charge >= 0.3 is 5.97 Å². The molecule has 3 aromatic rings. The third-order valence-corrected chi connectivity index (χ3v) is 4.09. The summed E-state index contributed by atoms with van der Waals surface area (Å²) >= 11 is 11.7. The van der Waals surface area contributed by atoms with E-state index >= 15 is 0 Å². The van der Waals surface area contributed by atoms with Gasteiger partial charge in [0.15, 0.2) is 12.4 Å². The standard InChI is InChI=1S/C19H14Cl2N2O4/c20-13-6-7-14(15(21)8-13)19(25)23-10-18(24)26-11-17-22-9-16(27-17)12-4-2-1-3-5-12/h1-9H,10-11H2,(H,23,25). The fourth-order valence-corrected chi connectivity index (χ4v) is 2.72. The van der Waals surface area contributed by atoms with Crippen molar-refractivity contribution < 1.29 is 18.7 Å². The topological polar surface area (TPSA) is 81.4 Å². The van der Waals surface area contributed by atoms with Crippen LogP contribution in [0.4, 0.5) is 0 Å². The summed E-state index contributed by atoms with van der Waals surface area (Å²) in [5.74, 6) is -0.300. The molecule has 8 heteroatoms. The van der Waals surface area contributed by atoms with E-state index < -0.39 is 11.9 Å². The van der Waals surface area contributed by atoms with Crippen LogP contribution in [0.25, 0.3) is 11.3 Å². The molecule has 2 aromatic carbocycles. The van der Waals surface area contributed by atoms with Gasteiger partial charge < -0.3 is 14.5 Å². The summed E-state index contributed by atoms with van der Waals surface area (Å²) in [5.41, 5.74) is 1.09. The minimum atomic E-state index is -0.632. The van der Waals surface area contributed by atoms with Gasteiger partial charge in [0, 0.05) is 10.6 Å². The van der Waals surface area contributed by atoms with Gasteiger partial charge in [0.25, 0.3) is 5.91 Å². The second kappa shape index (κ2) is 8.70. The van der Waals surface area contributed by atoms with Crippen LogP contribution in [-0.4, -0.2) is 23.4 Å². The van der Waals surface area contributed by atoms with Gasteiger partial charge in [0.05, 0.1) is 16.8 Å². The van der Waals surface area contributed by atoms with Crippen molar-refractivity contribution in [2.45, 2.75) is 6.61 Å². The monoisotopic (exact) mass is 404 g/mol.